The Balaban J connectivity index is 2.18. The molecule has 5 heteroatoms. The van der Waals surface area contributed by atoms with Crippen LogP contribution >= 0.6 is 0 Å². The molecule has 0 unspecified atom stereocenters. The molecule has 3 aromatic carbocycles. The van der Waals surface area contributed by atoms with Crippen molar-refractivity contribution < 1.29 is 18.7 Å². The van der Waals surface area contributed by atoms with E-state index in [4.69, 9.17) is 4.74 Å². The first-order chi connectivity index (χ1) is 12.6. The van der Waals surface area contributed by atoms with E-state index in [-0.39, 0.29) is 11.5 Å². The number of halogens is 1. The van der Waals surface area contributed by atoms with E-state index in [0.717, 1.165) is 0 Å². The Labute approximate surface area is 150 Å². The molecule has 0 atom stereocenters. The van der Waals surface area contributed by atoms with Gasteiger partial charge in [-0.05, 0) is 48.5 Å². The predicted molar refractivity (Wildman–Crippen MR) is 97.1 cm³/mol. The van der Waals surface area contributed by atoms with Crippen LogP contribution in [0.5, 0.6) is 0 Å². The summed E-state index contributed by atoms with van der Waals surface area (Å²) in [6.07, 6.45) is 0. The van der Waals surface area contributed by atoms with Crippen molar-refractivity contribution >= 4 is 23.3 Å². The van der Waals surface area contributed by atoms with Crippen molar-refractivity contribution in [3.05, 3.63) is 95.8 Å². The molecule has 3 rings (SSSR count). The second-order valence-electron chi connectivity index (χ2n) is 5.49. The fourth-order valence-corrected chi connectivity index (χ4v) is 2.62. The van der Waals surface area contributed by atoms with E-state index in [1.165, 1.54) is 36.3 Å². The van der Waals surface area contributed by atoms with Crippen molar-refractivity contribution in [3.63, 3.8) is 0 Å². The summed E-state index contributed by atoms with van der Waals surface area (Å²) in [6.45, 7) is 0. The fourth-order valence-electron chi connectivity index (χ4n) is 2.62. The summed E-state index contributed by atoms with van der Waals surface area (Å²) in [6, 6.07) is 20.8. The number of hydrogen-bond acceptors (Lipinski definition) is 3. The molecule has 130 valence electrons. The van der Waals surface area contributed by atoms with Gasteiger partial charge >= 0.3 is 5.97 Å². The second kappa shape index (κ2) is 7.61. The van der Waals surface area contributed by atoms with Crippen molar-refractivity contribution in [2.45, 2.75) is 0 Å². The highest BCUT2D eigenvalue weighted by molar-refractivity contribution is 6.13. The summed E-state index contributed by atoms with van der Waals surface area (Å²) >= 11 is 0. The number of methoxy groups -OCH3 is 1. The van der Waals surface area contributed by atoms with Crippen LogP contribution in [0.25, 0.3) is 0 Å². The average Bonchev–Trinajstić information content (AvgIpc) is 2.70. The second-order valence-corrected chi connectivity index (χ2v) is 5.49. The maximum Gasteiger partial charge on any atom is 0.339 e. The third-order valence-corrected chi connectivity index (χ3v) is 3.86. The number of hydrogen-bond donors (Lipinski definition) is 0. The highest BCUT2D eigenvalue weighted by atomic mass is 19.1. The molecule has 0 saturated heterocycles. The highest BCUT2D eigenvalue weighted by Crippen LogP contribution is 2.31. The largest absolute Gasteiger partial charge is 0.465 e. The van der Waals surface area contributed by atoms with E-state index < -0.39 is 11.8 Å². The lowest BCUT2D eigenvalue weighted by molar-refractivity contribution is 0.0601. The molecule has 0 N–H and O–H groups in total. The zero-order valence-corrected chi connectivity index (χ0v) is 14.1. The predicted octanol–water partition coefficient (Wildman–Crippen LogP) is 4.59. The van der Waals surface area contributed by atoms with Crippen molar-refractivity contribution in [2.24, 2.45) is 0 Å². The quantitative estimate of drug-likeness (QED) is 0.647. The van der Waals surface area contributed by atoms with Crippen LogP contribution in [-0.2, 0) is 4.74 Å². The van der Waals surface area contributed by atoms with Crippen LogP contribution in [0, 0.1) is 5.82 Å². The van der Waals surface area contributed by atoms with Gasteiger partial charge in [0.15, 0.2) is 0 Å². The first-order valence-corrected chi connectivity index (χ1v) is 7.94. The molecule has 1 amide bonds. The van der Waals surface area contributed by atoms with Gasteiger partial charge < -0.3 is 4.74 Å². The summed E-state index contributed by atoms with van der Waals surface area (Å²) in [4.78, 5) is 26.7. The number of benzene rings is 3. The lowest BCUT2D eigenvalue weighted by Gasteiger charge is -2.25. The van der Waals surface area contributed by atoms with Gasteiger partial charge in [-0.3, -0.25) is 9.69 Å². The molecular formula is C21H16FNO3. The summed E-state index contributed by atoms with van der Waals surface area (Å²) in [5.41, 5.74) is 1.48. The lowest BCUT2D eigenvalue weighted by Crippen LogP contribution is -2.27. The maximum absolute atomic E-state index is 13.4. The van der Waals surface area contributed by atoms with Gasteiger partial charge in [0, 0.05) is 11.3 Å². The van der Waals surface area contributed by atoms with Gasteiger partial charge in [-0.25, -0.2) is 9.18 Å². The Kier molecular flexibility index (Phi) is 5.08. The first kappa shape index (κ1) is 17.4. The molecule has 0 radical (unpaired) electrons. The molecule has 4 nitrogen and oxygen atoms in total. The monoisotopic (exact) mass is 349 g/mol. The van der Waals surface area contributed by atoms with E-state index in [2.05, 4.69) is 0 Å². The van der Waals surface area contributed by atoms with Gasteiger partial charge in [-0.15, -0.1) is 0 Å². The van der Waals surface area contributed by atoms with Crippen LogP contribution in [-0.4, -0.2) is 19.0 Å². The van der Waals surface area contributed by atoms with Crippen LogP contribution < -0.4 is 4.90 Å². The van der Waals surface area contributed by atoms with E-state index in [1.54, 1.807) is 54.6 Å². The number of para-hydroxylation sites is 1. The number of carbonyl (C=O) groups is 2. The molecule has 26 heavy (non-hydrogen) atoms. The van der Waals surface area contributed by atoms with Gasteiger partial charge in [0.2, 0.25) is 0 Å². The zero-order valence-electron chi connectivity index (χ0n) is 14.1. The molecule has 0 heterocycles. The minimum Gasteiger partial charge on any atom is -0.465 e. The third-order valence-electron chi connectivity index (χ3n) is 3.86. The highest BCUT2D eigenvalue weighted by Gasteiger charge is 2.24. The summed E-state index contributed by atoms with van der Waals surface area (Å²) in [5.74, 6) is -1.32. The van der Waals surface area contributed by atoms with E-state index >= 15 is 0 Å². The number of carbonyl (C=O) groups excluding carboxylic acids is 2. The van der Waals surface area contributed by atoms with Gasteiger partial charge in [-0.1, -0.05) is 30.3 Å². The molecule has 0 bridgehead atoms. The molecular weight excluding hydrogens is 333 g/mol. The maximum atomic E-state index is 13.4. The van der Waals surface area contributed by atoms with Gasteiger partial charge in [0.05, 0.1) is 18.4 Å². The van der Waals surface area contributed by atoms with Crippen molar-refractivity contribution in [1.82, 2.24) is 0 Å². The minimum atomic E-state index is -0.562. The molecule has 0 aliphatic carbocycles. The number of rotatable bonds is 4. The van der Waals surface area contributed by atoms with Crippen molar-refractivity contribution in [1.29, 1.82) is 0 Å². The van der Waals surface area contributed by atoms with E-state index in [0.29, 0.717) is 16.9 Å². The normalized spacial score (nSPS) is 10.2. The molecule has 3 aromatic rings. The van der Waals surface area contributed by atoms with Crippen molar-refractivity contribution in [3.8, 4) is 0 Å². The number of anilines is 2. The topological polar surface area (TPSA) is 46.6 Å². The van der Waals surface area contributed by atoms with Gasteiger partial charge in [0.1, 0.15) is 5.82 Å². The van der Waals surface area contributed by atoms with Crippen LogP contribution in [0.2, 0.25) is 0 Å². The van der Waals surface area contributed by atoms with E-state index in [9.17, 15) is 14.0 Å². The van der Waals surface area contributed by atoms with Gasteiger partial charge in [-0.2, -0.15) is 0 Å². The van der Waals surface area contributed by atoms with Crippen molar-refractivity contribution in [2.75, 3.05) is 12.0 Å². The smallest absolute Gasteiger partial charge is 0.339 e. The molecule has 0 spiro atoms. The summed E-state index contributed by atoms with van der Waals surface area (Å²) in [5, 5.41) is 0. The lowest BCUT2D eigenvalue weighted by atomic mass is 10.1. The SMILES string of the molecule is COC(=O)c1ccccc1N(C(=O)c1ccccc1)c1ccc(F)cc1. The van der Waals surface area contributed by atoms with Gasteiger partial charge in [0.25, 0.3) is 5.91 Å². The molecule has 0 saturated carbocycles. The molecule has 0 aliphatic heterocycles. The Morgan fingerprint density at radius 1 is 0.846 bits per heavy atom. The number of esters is 1. The first-order valence-electron chi connectivity index (χ1n) is 7.94. The molecule has 0 fully saturated rings. The summed E-state index contributed by atoms with van der Waals surface area (Å²) in [7, 11) is 1.28. The fraction of sp³-hybridized carbons (Fsp3) is 0.0476. The number of ether oxygens (including phenoxy) is 1. The molecule has 0 aromatic heterocycles. The Bertz CT molecular complexity index is 924. The van der Waals surface area contributed by atoms with E-state index in [1.807, 2.05) is 0 Å². The average molecular weight is 349 g/mol. The van der Waals surface area contributed by atoms with Crippen LogP contribution in [0.1, 0.15) is 20.7 Å². The molecule has 0 aliphatic rings. The Morgan fingerprint density at radius 3 is 2.12 bits per heavy atom. The minimum absolute atomic E-state index is 0.239. The van der Waals surface area contributed by atoms with Crippen LogP contribution in [0.4, 0.5) is 15.8 Å². The Hall–Kier alpha value is -3.47. The third kappa shape index (κ3) is 3.47. The standard InChI is InChI=1S/C21H16FNO3/c1-26-21(25)18-9-5-6-10-19(18)23(17-13-11-16(22)12-14-17)20(24)15-7-3-2-4-8-15/h2-14H,1H3. The number of nitrogens with zero attached hydrogens (tertiary/aromatic N) is 1. The summed E-state index contributed by atoms with van der Waals surface area (Å²) < 4.78 is 18.2. The van der Waals surface area contributed by atoms with Crippen LogP contribution in [0.15, 0.2) is 78.9 Å². The Morgan fingerprint density at radius 2 is 1.46 bits per heavy atom. The zero-order chi connectivity index (χ0) is 18.5. The number of amides is 1. The van der Waals surface area contributed by atoms with Crippen LogP contribution in [0.3, 0.4) is 0 Å².